The van der Waals surface area contributed by atoms with Crippen molar-refractivity contribution in [3.8, 4) is 0 Å². The maximum absolute atomic E-state index is 10.5. The van der Waals surface area contributed by atoms with Crippen LogP contribution < -0.4 is 5.32 Å². The Morgan fingerprint density at radius 3 is 2.75 bits per heavy atom. The first-order valence-electron chi connectivity index (χ1n) is 7.52. The molecule has 1 aliphatic rings. The third kappa shape index (κ3) is 3.00. The van der Waals surface area contributed by atoms with Crippen LogP contribution in [0.2, 0.25) is 0 Å². The molecule has 2 aromatic rings. The van der Waals surface area contributed by atoms with Crippen molar-refractivity contribution < 1.29 is 5.11 Å². The van der Waals surface area contributed by atoms with E-state index in [1.807, 2.05) is 18.5 Å². The molecule has 0 radical (unpaired) electrons. The standard InChI is InChI=1S/C17H22N2O/c20-17(8-4-1-5-9-17)13-19-12-15-11-18-10-14-6-2-3-7-16(14)15/h2-3,6-7,10-11,19-20H,1,4-5,8-9,12-13H2. The lowest BCUT2D eigenvalue weighted by atomic mass is 9.85. The van der Waals surface area contributed by atoms with Gasteiger partial charge in [-0.25, -0.2) is 0 Å². The van der Waals surface area contributed by atoms with Crippen LogP contribution in [-0.4, -0.2) is 22.2 Å². The van der Waals surface area contributed by atoms with Crippen LogP contribution >= 0.6 is 0 Å². The molecule has 0 saturated heterocycles. The third-order valence-electron chi connectivity index (χ3n) is 4.30. The van der Waals surface area contributed by atoms with Crippen LogP contribution in [0.25, 0.3) is 10.8 Å². The SMILES string of the molecule is OC1(CNCc2cncc3ccccc23)CCCCC1. The molecule has 20 heavy (non-hydrogen) atoms. The molecule has 3 heteroatoms. The Morgan fingerprint density at radius 1 is 1.10 bits per heavy atom. The van der Waals surface area contributed by atoms with Gasteiger partial charge in [0.15, 0.2) is 0 Å². The predicted molar refractivity (Wildman–Crippen MR) is 81.5 cm³/mol. The molecule has 0 amide bonds. The van der Waals surface area contributed by atoms with E-state index in [0.717, 1.165) is 32.2 Å². The first-order chi connectivity index (χ1) is 9.77. The summed E-state index contributed by atoms with van der Waals surface area (Å²) >= 11 is 0. The average Bonchev–Trinajstić information content (AvgIpc) is 2.48. The molecule has 0 unspecified atom stereocenters. The molecule has 0 aliphatic heterocycles. The number of hydrogen-bond donors (Lipinski definition) is 2. The van der Waals surface area contributed by atoms with E-state index in [9.17, 15) is 5.11 Å². The minimum Gasteiger partial charge on any atom is -0.389 e. The lowest BCUT2D eigenvalue weighted by molar-refractivity contribution is 0.00469. The summed E-state index contributed by atoms with van der Waals surface area (Å²) in [7, 11) is 0. The Labute approximate surface area is 120 Å². The number of aliphatic hydroxyl groups is 1. The Hall–Kier alpha value is -1.45. The van der Waals surface area contributed by atoms with Gasteiger partial charge < -0.3 is 10.4 Å². The van der Waals surface area contributed by atoms with Gasteiger partial charge >= 0.3 is 0 Å². The average molecular weight is 270 g/mol. The smallest absolute Gasteiger partial charge is 0.0771 e. The van der Waals surface area contributed by atoms with Gasteiger partial charge in [-0.15, -0.1) is 0 Å². The summed E-state index contributed by atoms with van der Waals surface area (Å²) in [5.74, 6) is 0. The molecule has 1 aromatic carbocycles. The number of pyridine rings is 1. The highest BCUT2D eigenvalue weighted by atomic mass is 16.3. The minimum absolute atomic E-state index is 0.504. The van der Waals surface area contributed by atoms with E-state index in [4.69, 9.17) is 0 Å². The normalized spacial score (nSPS) is 18.2. The molecule has 106 valence electrons. The highest BCUT2D eigenvalue weighted by molar-refractivity contribution is 5.84. The molecule has 1 aliphatic carbocycles. The predicted octanol–water partition coefficient (Wildman–Crippen LogP) is 3.02. The molecule has 0 atom stereocenters. The maximum atomic E-state index is 10.5. The van der Waals surface area contributed by atoms with Gasteiger partial charge in [-0.2, -0.15) is 0 Å². The fourth-order valence-corrected chi connectivity index (χ4v) is 3.14. The van der Waals surface area contributed by atoms with Crippen molar-refractivity contribution in [1.29, 1.82) is 0 Å². The molecule has 1 fully saturated rings. The molecule has 1 heterocycles. The van der Waals surface area contributed by atoms with Crippen molar-refractivity contribution in [2.75, 3.05) is 6.54 Å². The fraction of sp³-hybridized carbons (Fsp3) is 0.471. The number of fused-ring (bicyclic) bond motifs is 1. The number of aromatic nitrogens is 1. The van der Waals surface area contributed by atoms with Crippen LogP contribution in [0.3, 0.4) is 0 Å². The highest BCUT2D eigenvalue weighted by Gasteiger charge is 2.28. The summed E-state index contributed by atoms with van der Waals surface area (Å²) < 4.78 is 0. The number of nitrogens with one attached hydrogen (secondary N) is 1. The Balaban J connectivity index is 1.65. The second kappa shape index (κ2) is 5.90. The molecule has 1 saturated carbocycles. The van der Waals surface area contributed by atoms with E-state index < -0.39 is 5.60 Å². The van der Waals surface area contributed by atoms with E-state index in [-0.39, 0.29) is 0 Å². The van der Waals surface area contributed by atoms with Crippen LogP contribution in [0.1, 0.15) is 37.7 Å². The van der Waals surface area contributed by atoms with Gasteiger partial charge in [-0.3, -0.25) is 4.98 Å². The Bertz CT molecular complexity index is 571. The monoisotopic (exact) mass is 270 g/mol. The second-order valence-corrected chi connectivity index (χ2v) is 5.91. The Morgan fingerprint density at radius 2 is 1.90 bits per heavy atom. The van der Waals surface area contributed by atoms with Gasteiger partial charge in [-0.05, 0) is 23.8 Å². The topological polar surface area (TPSA) is 45.1 Å². The quantitative estimate of drug-likeness (QED) is 0.897. The summed E-state index contributed by atoms with van der Waals surface area (Å²) in [5.41, 5.74) is 0.693. The van der Waals surface area contributed by atoms with E-state index in [0.29, 0.717) is 6.54 Å². The van der Waals surface area contributed by atoms with E-state index in [1.54, 1.807) is 0 Å². The zero-order chi connectivity index (χ0) is 13.8. The molecule has 3 nitrogen and oxygen atoms in total. The number of rotatable bonds is 4. The highest BCUT2D eigenvalue weighted by Crippen LogP contribution is 2.27. The van der Waals surface area contributed by atoms with E-state index in [1.165, 1.54) is 22.8 Å². The van der Waals surface area contributed by atoms with Crippen molar-refractivity contribution in [1.82, 2.24) is 10.3 Å². The lowest BCUT2D eigenvalue weighted by Crippen LogP contribution is -2.41. The van der Waals surface area contributed by atoms with Gasteiger partial charge in [0, 0.05) is 30.9 Å². The fourth-order valence-electron chi connectivity index (χ4n) is 3.14. The second-order valence-electron chi connectivity index (χ2n) is 5.91. The van der Waals surface area contributed by atoms with Crippen molar-refractivity contribution in [3.63, 3.8) is 0 Å². The van der Waals surface area contributed by atoms with Crippen LogP contribution in [0, 0.1) is 0 Å². The van der Waals surface area contributed by atoms with Gasteiger partial charge in [0.1, 0.15) is 0 Å². The summed E-state index contributed by atoms with van der Waals surface area (Å²) in [6.07, 6.45) is 9.22. The molecule has 0 bridgehead atoms. The van der Waals surface area contributed by atoms with Crippen molar-refractivity contribution in [3.05, 3.63) is 42.2 Å². The number of benzene rings is 1. The summed E-state index contributed by atoms with van der Waals surface area (Å²) in [4.78, 5) is 4.29. The lowest BCUT2D eigenvalue weighted by Gasteiger charge is -2.32. The van der Waals surface area contributed by atoms with Crippen LogP contribution in [-0.2, 0) is 6.54 Å². The summed E-state index contributed by atoms with van der Waals surface area (Å²) in [6.45, 7) is 1.44. The van der Waals surface area contributed by atoms with Crippen LogP contribution in [0.5, 0.6) is 0 Å². The van der Waals surface area contributed by atoms with Gasteiger partial charge in [0.05, 0.1) is 5.60 Å². The minimum atomic E-state index is -0.504. The van der Waals surface area contributed by atoms with Crippen molar-refractivity contribution >= 4 is 10.8 Å². The maximum Gasteiger partial charge on any atom is 0.0771 e. The van der Waals surface area contributed by atoms with Crippen molar-refractivity contribution in [2.45, 2.75) is 44.2 Å². The first-order valence-corrected chi connectivity index (χ1v) is 7.52. The Kier molecular flexibility index (Phi) is 3.99. The molecule has 2 N–H and O–H groups in total. The van der Waals surface area contributed by atoms with Crippen LogP contribution in [0.4, 0.5) is 0 Å². The molecular formula is C17H22N2O. The van der Waals surface area contributed by atoms with E-state index >= 15 is 0 Å². The molecular weight excluding hydrogens is 248 g/mol. The molecule has 3 rings (SSSR count). The van der Waals surface area contributed by atoms with Crippen LogP contribution in [0.15, 0.2) is 36.7 Å². The third-order valence-corrected chi connectivity index (χ3v) is 4.30. The number of nitrogens with zero attached hydrogens (tertiary/aromatic N) is 1. The molecule has 1 aromatic heterocycles. The summed E-state index contributed by atoms with van der Waals surface area (Å²) in [5, 5.41) is 16.3. The largest absolute Gasteiger partial charge is 0.389 e. The van der Waals surface area contributed by atoms with Gasteiger partial charge in [-0.1, -0.05) is 43.5 Å². The number of hydrogen-bond acceptors (Lipinski definition) is 3. The van der Waals surface area contributed by atoms with E-state index in [2.05, 4.69) is 28.5 Å². The first kappa shape index (κ1) is 13.5. The summed E-state index contributed by atoms with van der Waals surface area (Å²) in [6, 6.07) is 8.30. The zero-order valence-electron chi connectivity index (χ0n) is 11.8. The molecule has 0 spiro atoms. The van der Waals surface area contributed by atoms with Gasteiger partial charge in [0.25, 0.3) is 0 Å². The van der Waals surface area contributed by atoms with Crippen molar-refractivity contribution in [2.24, 2.45) is 0 Å². The zero-order valence-corrected chi connectivity index (χ0v) is 11.8. The van der Waals surface area contributed by atoms with Gasteiger partial charge in [0.2, 0.25) is 0 Å².